The van der Waals surface area contributed by atoms with E-state index in [1.54, 1.807) is 0 Å². The molecule has 21 heavy (non-hydrogen) atoms. The Hall–Kier alpha value is -1.31. The third kappa shape index (κ3) is 4.33. The fraction of sp³-hybridized carbons (Fsp3) is 0.632. The van der Waals surface area contributed by atoms with E-state index in [1.165, 1.54) is 11.1 Å². The Labute approximate surface area is 130 Å². The molecule has 0 saturated heterocycles. The lowest BCUT2D eigenvalue weighted by atomic mass is 9.83. The number of carbonyl (C=O) groups excluding carboxylic acids is 1. The summed E-state index contributed by atoms with van der Waals surface area (Å²) < 4.78 is 0. The first-order valence-electron chi connectivity index (χ1n) is 7.77. The molecule has 1 aromatic carbocycles. The Morgan fingerprint density at radius 1 is 1.00 bits per heavy atom. The van der Waals surface area contributed by atoms with Gasteiger partial charge in [0.05, 0.1) is 0 Å². The van der Waals surface area contributed by atoms with E-state index >= 15 is 0 Å². The standard InChI is InChI=1S/C19H31NO/c1-13(2)14-10-15(12-16(11-14)18(3,4)5)17(21)20(9)19(6,7)8/h10-13H,1-9H3. The lowest BCUT2D eigenvalue weighted by molar-refractivity contribution is 0.0655. The molecule has 0 aliphatic rings. The maximum atomic E-state index is 12.8. The van der Waals surface area contributed by atoms with Crippen LogP contribution in [0.2, 0.25) is 0 Å². The highest BCUT2D eigenvalue weighted by molar-refractivity contribution is 5.95. The first-order valence-corrected chi connectivity index (χ1v) is 7.77. The van der Waals surface area contributed by atoms with Crippen molar-refractivity contribution in [1.29, 1.82) is 0 Å². The van der Waals surface area contributed by atoms with Gasteiger partial charge >= 0.3 is 0 Å². The fourth-order valence-electron chi connectivity index (χ4n) is 2.04. The van der Waals surface area contributed by atoms with Crippen LogP contribution >= 0.6 is 0 Å². The van der Waals surface area contributed by atoms with E-state index in [-0.39, 0.29) is 16.9 Å². The molecule has 0 spiro atoms. The fourth-order valence-corrected chi connectivity index (χ4v) is 2.04. The highest BCUT2D eigenvalue weighted by Gasteiger charge is 2.25. The molecule has 1 aromatic rings. The third-order valence-corrected chi connectivity index (χ3v) is 4.05. The third-order valence-electron chi connectivity index (χ3n) is 4.05. The summed E-state index contributed by atoms with van der Waals surface area (Å²) in [5.41, 5.74) is 3.11. The van der Waals surface area contributed by atoms with Crippen molar-refractivity contribution in [3.63, 3.8) is 0 Å². The number of benzene rings is 1. The van der Waals surface area contributed by atoms with Crippen LogP contribution in [0.5, 0.6) is 0 Å². The summed E-state index contributed by atoms with van der Waals surface area (Å²) in [6.45, 7) is 17.1. The van der Waals surface area contributed by atoms with Gasteiger partial charge in [0.1, 0.15) is 0 Å². The van der Waals surface area contributed by atoms with Gasteiger partial charge in [-0.15, -0.1) is 0 Å². The van der Waals surface area contributed by atoms with Gasteiger partial charge in [-0.05, 0) is 55.4 Å². The highest BCUT2D eigenvalue weighted by Crippen LogP contribution is 2.28. The van der Waals surface area contributed by atoms with Crippen molar-refractivity contribution in [2.45, 2.75) is 72.3 Å². The quantitative estimate of drug-likeness (QED) is 0.752. The van der Waals surface area contributed by atoms with Crippen molar-refractivity contribution in [3.8, 4) is 0 Å². The van der Waals surface area contributed by atoms with Gasteiger partial charge in [0.2, 0.25) is 0 Å². The minimum Gasteiger partial charge on any atom is -0.337 e. The average molecular weight is 289 g/mol. The molecule has 2 nitrogen and oxygen atoms in total. The van der Waals surface area contributed by atoms with E-state index in [9.17, 15) is 4.79 Å². The number of amides is 1. The Morgan fingerprint density at radius 2 is 1.52 bits per heavy atom. The SMILES string of the molecule is CC(C)c1cc(C(=O)N(C)C(C)(C)C)cc(C(C)(C)C)c1. The van der Waals surface area contributed by atoms with Crippen LogP contribution in [0.3, 0.4) is 0 Å². The minimum absolute atomic E-state index is 0.0419. The molecule has 0 atom stereocenters. The van der Waals surface area contributed by atoms with Crippen LogP contribution in [0.15, 0.2) is 18.2 Å². The van der Waals surface area contributed by atoms with Gasteiger partial charge in [0.25, 0.3) is 5.91 Å². The zero-order valence-corrected chi connectivity index (χ0v) is 15.2. The summed E-state index contributed by atoms with van der Waals surface area (Å²) in [5, 5.41) is 0. The summed E-state index contributed by atoms with van der Waals surface area (Å²) in [7, 11) is 1.88. The molecule has 118 valence electrons. The number of carbonyl (C=O) groups is 1. The van der Waals surface area contributed by atoms with Gasteiger partial charge in [0, 0.05) is 18.2 Å². The van der Waals surface area contributed by atoms with Gasteiger partial charge < -0.3 is 4.90 Å². The van der Waals surface area contributed by atoms with E-state index in [1.807, 2.05) is 18.0 Å². The molecule has 0 heterocycles. The van der Waals surface area contributed by atoms with Crippen LogP contribution in [0.1, 0.15) is 82.8 Å². The zero-order chi connectivity index (χ0) is 16.6. The van der Waals surface area contributed by atoms with E-state index in [0.717, 1.165) is 5.56 Å². The molecule has 0 aliphatic carbocycles. The van der Waals surface area contributed by atoms with Crippen LogP contribution in [0, 0.1) is 0 Å². The molecule has 0 aromatic heterocycles. The van der Waals surface area contributed by atoms with Crippen molar-refractivity contribution in [3.05, 3.63) is 34.9 Å². The zero-order valence-electron chi connectivity index (χ0n) is 15.2. The topological polar surface area (TPSA) is 20.3 Å². The Bertz CT molecular complexity index is 515. The maximum Gasteiger partial charge on any atom is 0.254 e. The molecule has 0 fully saturated rings. The monoisotopic (exact) mass is 289 g/mol. The Morgan fingerprint density at radius 3 is 1.90 bits per heavy atom. The summed E-state index contributed by atoms with van der Waals surface area (Å²) >= 11 is 0. The Kier molecular flexibility index (Phi) is 4.92. The molecule has 0 saturated carbocycles. The van der Waals surface area contributed by atoms with Crippen molar-refractivity contribution in [2.75, 3.05) is 7.05 Å². The smallest absolute Gasteiger partial charge is 0.254 e. The summed E-state index contributed by atoms with van der Waals surface area (Å²) in [6, 6.07) is 6.33. The van der Waals surface area contributed by atoms with E-state index in [2.05, 4.69) is 67.5 Å². The second kappa shape index (κ2) is 5.82. The van der Waals surface area contributed by atoms with Crippen LogP contribution in [0.25, 0.3) is 0 Å². The van der Waals surface area contributed by atoms with Crippen LogP contribution in [-0.2, 0) is 5.41 Å². The molecular formula is C19H31NO. The van der Waals surface area contributed by atoms with Gasteiger partial charge in [-0.25, -0.2) is 0 Å². The number of hydrogen-bond donors (Lipinski definition) is 0. The van der Waals surface area contributed by atoms with Crippen LogP contribution in [-0.4, -0.2) is 23.4 Å². The number of rotatable bonds is 2. The van der Waals surface area contributed by atoms with Gasteiger partial charge in [-0.2, -0.15) is 0 Å². The molecular weight excluding hydrogens is 258 g/mol. The van der Waals surface area contributed by atoms with Crippen molar-refractivity contribution < 1.29 is 4.79 Å². The molecule has 0 N–H and O–H groups in total. The lowest BCUT2D eigenvalue weighted by Crippen LogP contribution is -2.42. The molecule has 2 heteroatoms. The van der Waals surface area contributed by atoms with Crippen molar-refractivity contribution >= 4 is 5.91 Å². The molecule has 0 radical (unpaired) electrons. The predicted molar refractivity (Wildman–Crippen MR) is 91.1 cm³/mol. The average Bonchev–Trinajstić information content (AvgIpc) is 2.34. The maximum absolute atomic E-state index is 12.8. The van der Waals surface area contributed by atoms with E-state index in [0.29, 0.717) is 5.92 Å². The minimum atomic E-state index is -0.174. The second-order valence-corrected chi connectivity index (χ2v) is 8.28. The Balaban J connectivity index is 3.36. The van der Waals surface area contributed by atoms with Gasteiger partial charge in [-0.3, -0.25) is 4.79 Å². The summed E-state index contributed by atoms with van der Waals surface area (Å²) in [4.78, 5) is 14.6. The molecule has 0 unspecified atom stereocenters. The van der Waals surface area contributed by atoms with E-state index in [4.69, 9.17) is 0 Å². The first kappa shape index (κ1) is 17.7. The summed E-state index contributed by atoms with van der Waals surface area (Å²) in [5.74, 6) is 0.509. The second-order valence-electron chi connectivity index (χ2n) is 8.28. The number of hydrogen-bond acceptors (Lipinski definition) is 1. The lowest BCUT2D eigenvalue weighted by Gasteiger charge is -2.32. The van der Waals surface area contributed by atoms with Crippen LogP contribution in [0.4, 0.5) is 0 Å². The molecule has 0 aliphatic heterocycles. The predicted octanol–water partition coefficient (Wildman–Crippen LogP) is 4.98. The normalized spacial score (nSPS) is 12.7. The molecule has 0 bridgehead atoms. The molecule has 1 amide bonds. The largest absolute Gasteiger partial charge is 0.337 e. The van der Waals surface area contributed by atoms with E-state index < -0.39 is 0 Å². The first-order chi connectivity index (χ1) is 9.34. The van der Waals surface area contributed by atoms with Gasteiger partial charge in [-0.1, -0.05) is 40.7 Å². The van der Waals surface area contributed by atoms with Crippen molar-refractivity contribution in [2.24, 2.45) is 0 Å². The van der Waals surface area contributed by atoms with Crippen LogP contribution < -0.4 is 0 Å². The van der Waals surface area contributed by atoms with Gasteiger partial charge in [0.15, 0.2) is 0 Å². The molecule has 1 rings (SSSR count). The van der Waals surface area contributed by atoms with Crippen molar-refractivity contribution in [1.82, 2.24) is 4.90 Å². The number of nitrogens with zero attached hydrogens (tertiary/aromatic N) is 1. The summed E-state index contributed by atoms with van der Waals surface area (Å²) in [6.07, 6.45) is 0. The highest BCUT2D eigenvalue weighted by atomic mass is 16.2.